The first kappa shape index (κ1) is 24.9. The van der Waals surface area contributed by atoms with Gasteiger partial charge in [0.15, 0.2) is 5.88 Å². The summed E-state index contributed by atoms with van der Waals surface area (Å²) in [5.74, 6) is 0.481. The number of hydrogen-bond donors (Lipinski definition) is 5. The first-order valence-electron chi connectivity index (χ1n) is 11.9. The number of aromatic nitrogens is 5. The Bertz CT molecular complexity index is 1300. The van der Waals surface area contributed by atoms with Gasteiger partial charge in [-0.3, -0.25) is 9.42 Å². The summed E-state index contributed by atoms with van der Waals surface area (Å²) in [5.41, 5.74) is 1.67. The lowest BCUT2D eigenvalue weighted by Gasteiger charge is -2.38. The molecule has 1 aliphatic heterocycles. The van der Waals surface area contributed by atoms with Crippen molar-refractivity contribution in [2.45, 2.75) is 69.0 Å². The van der Waals surface area contributed by atoms with Crippen LogP contribution in [0, 0.1) is 17.2 Å². The number of H-pyrrole nitrogens is 1. The van der Waals surface area contributed by atoms with Crippen molar-refractivity contribution in [1.82, 2.24) is 24.7 Å². The maximum atomic E-state index is 10.9. The van der Waals surface area contributed by atoms with E-state index >= 15 is 0 Å². The molecular formula is C23H26N6O8. The third kappa shape index (κ3) is 4.94. The highest BCUT2D eigenvalue weighted by molar-refractivity contribution is 5.91. The van der Waals surface area contributed by atoms with Gasteiger partial charge in [-0.25, -0.2) is 14.8 Å². The monoisotopic (exact) mass is 514 g/mol. The number of carbonyl (C=O) groups is 1. The van der Waals surface area contributed by atoms with Gasteiger partial charge in [0.25, 0.3) is 0 Å². The Morgan fingerprint density at radius 1 is 1.22 bits per heavy atom. The molecule has 0 radical (unpaired) electrons. The molecule has 4 heterocycles. The van der Waals surface area contributed by atoms with Crippen LogP contribution in [0.25, 0.3) is 22.3 Å². The Kier molecular flexibility index (Phi) is 6.94. The van der Waals surface area contributed by atoms with E-state index in [-0.39, 0.29) is 11.9 Å². The molecule has 2 fully saturated rings. The predicted molar refractivity (Wildman–Crippen MR) is 123 cm³/mol. The number of aliphatic hydroxyl groups excluding tert-OH is 3. The second-order valence-corrected chi connectivity index (χ2v) is 9.15. The fourth-order valence-corrected chi connectivity index (χ4v) is 5.00. The second-order valence-electron chi connectivity index (χ2n) is 9.15. The van der Waals surface area contributed by atoms with Crippen LogP contribution in [0.15, 0.2) is 24.8 Å². The SMILES string of the molecule is N#CCC(C1CCCC1)n1cc(-c2ncnc3[nH]c(OC4OC(OC(=O)O)C(O)C(O)C4O)cc23)cn1. The minimum Gasteiger partial charge on any atom is -0.450 e. The maximum absolute atomic E-state index is 10.9. The number of nitrogens with one attached hydrogen (secondary N) is 1. The van der Waals surface area contributed by atoms with Crippen LogP contribution in [0.3, 0.4) is 0 Å². The summed E-state index contributed by atoms with van der Waals surface area (Å²) in [7, 11) is 0. The van der Waals surface area contributed by atoms with E-state index in [1.54, 1.807) is 12.3 Å². The average Bonchev–Trinajstić information content (AvgIpc) is 3.64. The van der Waals surface area contributed by atoms with Crippen LogP contribution in [0.1, 0.15) is 38.1 Å². The molecule has 2 aliphatic rings. The lowest BCUT2D eigenvalue weighted by atomic mass is 9.96. The van der Waals surface area contributed by atoms with E-state index in [4.69, 9.17) is 14.6 Å². The molecule has 0 bridgehead atoms. The Balaban J connectivity index is 1.39. The number of fused-ring (bicyclic) bond motifs is 1. The molecule has 1 saturated carbocycles. The molecular weight excluding hydrogens is 488 g/mol. The van der Waals surface area contributed by atoms with Gasteiger partial charge in [0, 0.05) is 23.2 Å². The minimum atomic E-state index is -1.81. The van der Waals surface area contributed by atoms with E-state index in [0.29, 0.717) is 34.6 Å². The first-order chi connectivity index (χ1) is 17.9. The zero-order valence-electron chi connectivity index (χ0n) is 19.5. The van der Waals surface area contributed by atoms with Gasteiger partial charge in [-0.2, -0.15) is 10.4 Å². The van der Waals surface area contributed by atoms with E-state index in [0.717, 1.165) is 25.7 Å². The van der Waals surface area contributed by atoms with E-state index in [1.165, 1.54) is 6.33 Å². The van der Waals surface area contributed by atoms with E-state index in [2.05, 4.69) is 30.9 Å². The lowest BCUT2D eigenvalue weighted by Crippen LogP contribution is -2.60. The molecule has 5 rings (SSSR count). The molecule has 5 N–H and O–H groups in total. The van der Waals surface area contributed by atoms with Gasteiger partial charge in [-0.1, -0.05) is 12.8 Å². The van der Waals surface area contributed by atoms with Gasteiger partial charge < -0.3 is 34.9 Å². The number of nitrogens with zero attached hydrogens (tertiary/aromatic N) is 5. The normalized spacial score (nSPS) is 27.1. The highest BCUT2D eigenvalue weighted by Crippen LogP contribution is 2.37. The summed E-state index contributed by atoms with van der Waals surface area (Å²) >= 11 is 0. The summed E-state index contributed by atoms with van der Waals surface area (Å²) in [6.07, 6.45) is -0.666. The Morgan fingerprint density at radius 3 is 2.70 bits per heavy atom. The predicted octanol–water partition coefficient (Wildman–Crippen LogP) is 1.30. The third-order valence-corrected chi connectivity index (χ3v) is 6.85. The molecule has 1 aliphatic carbocycles. The number of nitriles is 1. The van der Waals surface area contributed by atoms with Crippen molar-refractivity contribution < 1.29 is 39.4 Å². The minimum absolute atomic E-state index is 0.0172. The smallest absolute Gasteiger partial charge is 0.450 e. The van der Waals surface area contributed by atoms with Gasteiger partial charge in [0.1, 0.15) is 30.3 Å². The van der Waals surface area contributed by atoms with E-state index in [9.17, 15) is 25.4 Å². The highest BCUT2D eigenvalue weighted by atomic mass is 16.8. The Hall–Kier alpha value is -3.77. The van der Waals surface area contributed by atoms with Crippen LogP contribution in [0.5, 0.6) is 5.88 Å². The molecule has 6 unspecified atom stereocenters. The molecule has 0 aromatic carbocycles. The molecule has 3 aromatic heterocycles. The number of carboxylic acid groups (broad SMARTS) is 1. The van der Waals surface area contributed by atoms with Crippen LogP contribution in [-0.2, 0) is 9.47 Å². The van der Waals surface area contributed by atoms with Gasteiger partial charge in [-0.05, 0) is 18.8 Å². The Morgan fingerprint density at radius 2 is 1.97 bits per heavy atom. The van der Waals surface area contributed by atoms with Crippen LogP contribution in [0.2, 0.25) is 0 Å². The topological polar surface area (TPSA) is 209 Å². The molecule has 0 amide bonds. The van der Waals surface area contributed by atoms with Crippen molar-refractivity contribution in [3.63, 3.8) is 0 Å². The van der Waals surface area contributed by atoms with Crippen molar-refractivity contribution in [3.05, 3.63) is 24.8 Å². The Labute approximate surface area is 210 Å². The quantitative estimate of drug-likeness (QED) is 0.283. The number of ether oxygens (including phenoxy) is 3. The van der Waals surface area contributed by atoms with Crippen molar-refractivity contribution in [1.29, 1.82) is 5.26 Å². The van der Waals surface area contributed by atoms with Gasteiger partial charge >= 0.3 is 6.16 Å². The average molecular weight is 514 g/mol. The zero-order chi connectivity index (χ0) is 26.1. The molecule has 14 heteroatoms. The number of hydrogen-bond acceptors (Lipinski definition) is 11. The second kappa shape index (κ2) is 10.3. The summed E-state index contributed by atoms with van der Waals surface area (Å²) in [6.45, 7) is 0. The molecule has 14 nitrogen and oxygen atoms in total. The van der Waals surface area contributed by atoms with Crippen molar-refractivity contribution in [3.8, 4) is 23.2 Å². The molecule has 3 aromatic rings. The third-order valence-electron chi connectivity index (χ3n) is 6.85. The fraction of sp³-hybridized carbons (Fsp3) is 0.522. The first-order valence-corrected chi connectivity index (χ1v) is 11.9. The van der Waals surface area contributed by atoms with E-state index < -0.39 is 37.0 Å². The summed E-state index contributed by atoms with van der Waals surface area (Å²) in [5, 5.41) is 53.6. The molecule has 1 saturated heterocycles. The van der Waals surface area contributed by atoms with Crippen LogP contribution in [0.4, 0.5) is 4.79 Å². The lowest BCUT2D eigenvalue weighted by molar-refractivity contribution is -0.322. The van der Waals surface area contributed by atoms with Crippen LogP contribution in [-0.4, -0.2) is 82.2 Å². The number of aliphatic hydroxyl groups is 3. The van der Waals surface area contributed by atoms with Crippen molar-refractivity contribution >= 4 is 17.2 Å². The van der Waals surface area contributed by atoms with Crippen LogP contribution < -0.4 is 4.74 Å². The maximum Gasteiger partial charge on any atom is 0.508 e. The summed E-state index contributed by atoms with van der Waals surface area (Å²) in [4.78, 5) is 22.4. The number of aromatic amines is 1. The summed E-state index contributed by atoms with van der Waals surface area (Å²) in [6, 6.07) is 3.82. The van der Waals surface area contributed by atoms with Crippen molar-refractivity contribution in [2.24, 2.45) is 5.92 Å². The zero-order valence-corrected chi connectivity index (χ0v) is 19.5. The van der Waals surface area contributed by atoms with E-state index in [1.807, 2.05) is 10.9 Å². The largest absolute Gasteiger partial charge is 0.508 e. The molecule has 6 atom stereocenters. The van der Waals surface area contributed by atoms with Gasteiger partial charge in [-0.15, -0.1) is 0 Å². The number of rotatable bonds is 7. The molecule has 0 spiro atoms. The highest BCUT2D eigenvalue weighted by Gasteiger charge is 2.47. The van der Waals surface area contributed by atoms with Crippen LogP contribution >= 0.6 is 0 Å². The van der Waals surface area contributed by atoms with Gasteiger partial charge in [0.2, 0.25) is 12.6 Å². The molecule has 196 valence electrons. The fourth-order valence-electron chi connectivity index (χ4n) is 5.00. The van der Waals surface area contributed by atoms with Gasteiger partial charge in [0.05, 0.1) is 30.4 Å². The van der Waals surface area contributed by atoms with Crippen molar-refractivity contribution in [2.75, 3.05) is 0 Å². The standard InChI is InChI=1S/C23H26N6O8/c24-6-5-14(11-3-1-2-4-11)29-9-12(8-27-29)16-13-7-15(28-20(13)26-10-25-16)35-21-18(31)17(30)19(32)22(36-21)37-23(33)34/h7-11,14,17-19,21-22,30-32H,1-5H2,(H,33,34)(H,25,26,28). The molecule has 37 heavy (non-hydrogen) atoms. The summed E-state index contributed by atoms with van der Waals surface area (Å²) < 4.78 is 17.1.